The second-order valence-electron chi connectivity index (χ2n) is 6.84. The zero-order valence-electron chi connectivity index (χ0n) is 16.3. The van der Waals surface area contributed by atoms with E-state index < -0.39 is 0 Å². The molecule has 0 radical (unpaired) electrons. The quantitative estimate of drug-likeness (QED) is 0.632. The number of hydrogen-bond acceptors (Lipinski definition) is 6. The number of thiazole rings is 1. The third-order valence-electron chi connectivity index (χ3n) is 5.03. The third-order valence-corrected chi connectivity index (χ3v) is 6.25. The van der Waals surface area contributed by atoms with Crippen molar-refractivity contribution < 1.29 is 14.3 Å². The van der Waals surface area contributed by atoms with Crippen molar-refractivity contribution in [1.29, 1.82) is 0 Å². The summed E-state index contributed by atoms with van der Waals surface area (Å²) in [6.07, 6.45) is 3.65. The predicted octanol–water partition coefficient (Wildman–Crippen LogP) is 3.66. The minimum Gasteiger partial charge on any atom is -0.494 e. The van der Waals surface area contributed by atoms with E-state index in [4.69, 9.17) is 14.5 Å². The Hall–Kier alpha value is -2.45. The molecular weight excluding hydrogens is 376 g/mol. The van der Waals surface area contributed by atoms with Crippen LogP contribution in [0.4, 0.5) is 5.13 Å². The Morgan fingerprint density at radius 2 is 2.29 bits per heavy atom. The van der Waals surface area contributed by atoms with Crippen LogP contribution in [0.3, 0.4) is 0 Å². The van der Waals surface area contributed by atoms with Crippen molar-refractivity contribution in [3.63, 3.8) is 0 Å². The highest BCUT2D eigenvalue weighted by Gasteiger charge is 2.29. The fourth-order valence-electron chi connectivity index (χ4n) is 3.52. The van der Waals surface area contributed by atoms with Crippen molar-refractivity contribution in [2.75, 3.05) is 25.2 Å². The molecule has 1 atom stereocenters. The van der Waals surface area contributed by atoms with E-state index in [1.807, 2.05) is 26.0 Å². The highest BCUT2D eigenvalue weighted by molar-refractivity contribution is 7.22. The Kier molecular flexibility index (Phi) is 5.32. The van der Waals surface area contributed by atoms with Gasteiger partial charge < -0.3 is 9.47 Å². The molecule has 1 unspecified atom stereocenters. The normalized spacial score (nSPS) is 16.6. The molecule has 8 heteroatoms. The molecule has 1 aliphatic heterocycles. The van der Waals surface area contributed by atoms with Crippen molar-refractivity contribution in [2.45, 2.75) is 39.3 Å². The summed E-state index contributed by atoms with van der Waals surface area (Å²) < 4.78 is 14.0. The molecule has 28 heavy (non-hydrogen) atoms. The lowest BCUT2D eigenvalue weighted by atomic mass is 10.2. The smallest absolute Gasteiger partial charge is 0.278 e. The number of anilines is 1. The molecule has 4 rings (SSSR count). The van der Waals surface area contributed by atoms with Crippen LogP contribution in [0.1, 0.15) is 35.8 Å². The monoisotopic (exact) mass is 400 g/mol. The maximum atomic E-state index is 13.4. The minimum absolute atomic E-state index is 0.0250. The number of amides is 1. The van der Waals surface area contributed by atoms with Gasteiger partial charge in [0.15, 0.2) is 5.13 Å². The Morgan fingerprint density at radius 3 is 3.00 bits per heavy atom. The molecule has 1 saturated heterocycles. The number of benzene rings is 1. The number of aromatic nitrogens is 3. The van der Waals surface area contributed by atoms with Gasteiger partial charge in [0.1, 0.15) is 17.0 Å². The molecule has 7 nitrogen and oxygen atoms in total. The Labute approximate surface area is 167 Å². The van der Waals surface area contributed by atoms with Crippen molar-refractivity contribution >= 4 is 32.6 Å². The molecule has 3 heterocycles. The number of nitrogens with zero attached hydrogens (tertiary/aromatic N) is 4. The summed E-state index contributed by atoms with van der Waals surface area (Å²) in [5.41, 5.74) is 2.46. The summed E-state index contributed by atoms with van der Waals surface area (Å²) in [4.78, 5) is 20.0. The lowest BCUT2D eigenvalue weighted by Gasteiger charge is -2.23. The zero-order chi connectivity index (χ0) is 19.7. The SMILES string of the molecule is CCn1nccc1C(=O)N(CC1CCCO1)c1nc2c(OC)ccc(C)c2s1. The van der Waals surface area contributed by atoms with Crippen LogP contribution in [0.5, 0.6) is 5.75 Å². The molecule has 1 amide bonds. The minimum atomic E-state index is -0.106. The fraction of sp³-hybridized carbons (Fsp3) is 0.450. The number of fused-ring (bicyclic) bond motifs is 1. The molecule has 148 valence electrons. The lowest BCUT2D eigenvalue weighted by molar-refractivity contribution is 0.0908. The molecule has 0 spiro atoms. The van der Waals surface area contributed by atoms with Crippen LogP contribution in [-0.2, 0) is 11.3 Å². The standard InChI is InChI=1S/C20H24N4O3S/c1-4-24-15(9-10-21-24)19(25)23(12-14-6-5-11-27-14)20-22-17-16(26-3)8-7-13(2)18(17)28-20/h7-10,14H,4-6,11-12H2,1-3H3. The predicted molar refractivity (Wildman–Crippen MR) is 109 cm³/mol. The van der Waals surface area contributed by atoms with Gasteiger partial charge in [-0.25, -0.2) is 4.98 Å². The average Bonchev–Trinajstić information content (AvgIpc) is 3.46. The summed E-state index contributed by atoms with van der Waals surface area (Å²) in [6, 6.07) is 5.69. The van der Waals surface area contributed by atoms with Crippen LogP contribution >= 0.6 is 11.3 Å². The molecule has 1 aromatic carbocycles. The number of aryl methyl sites for hydroxylation is 2. The first kappa shape index (κ1) is 18.9. The first-order valence-electron chi connectivity index (χ1n) is 9.51. The van der Waals surface area contributed by atoms with E-state index in [-0.39, 0.29) is 12.0 Å². The summed E-state index contributed by atoms with van der Waals surface area (Å²) in [5, 5.41) is 4.91. The number of rotatable bonds is 6. The van der Waals surface area contributed by atoms with E-state index in [2.05, 4.69) is 5.10 Å². The molecule has 1 fully saturated rings. The molecular formula is C20H24N4O3S. The number of hydrogen-bond donors (Lipinski definition) is 0. The van der Waals surface area contributed by atoms with Crippen molar-refractivity contribution in [1.82, 2.24) is 14.8 Å². The largest absolute Gasteiger partial charge is 0.494 e. The van der Waals surface area contributed by atoms with Gasteiger partial charge in [0.2, 0.25) is 0 Å². The maximum absolute atomic E-state index is 13.4. The third kappa shape index (κ3) is 3.38. The van der Waals surface area contributed by atoms with Crippen LogP contribution in [0.25, 0.3) is 10.2 Å². The highest BCUT2D eigenvalue weighted by Crippen LogP contribution is 2.37. The van der Waals surface area contributed by atoms with Crippen LogP contribution in [0.15, 0.2) is 24.4 Å². The lowest BCUT2D eigenvalue weighted by Crippen LogP contribution is -2.38. The number of ether oxygens (including phenoxy) is 2. The topological polar surface area (TPSA) is 69.5 Å². The fourth-order valence-corrected chi connectivity index (χ4v) is 4.58. The Balaban J connectivity index is 1.77. The summed E-state index contributed by atoms with van der Waals surface area (Å²) in [6.45, 7) is 5.87. The molecule has 2 aromatic heterocycles. The van der Waals surface area contributed by atoms with Crippen LogP contribution in [0, 0.1) is 6.92 Å². The first-order chi connectivity index (χ1) is 13.6. The second-order valence-corrected chi connectivity index (χ2v) is 7.82. The van der Waals surface area contributed by atoms with Gasteiger partial charge in [-0.2, -0.15) is 5.10 Å². The second kappa shape index (κ2) is 7.89. The van der Waals surface area contributed by atoms with Crippen LogP contribution in [-0.4, -0.2) is 47.0 Å². The average molecular weight is 401 g/mol. The summed E-state index contributed by atoms with van der Waals surface area (Å²) in [7, 11) is 1.64. The Bertz CT molecular complexity index is 991. The van der Waals surface area contributed by atoms with E-state index in [0.29, 0.717) is 29.7 Å². The van der Waals surface area contributed by atoms with Gasteiger partial charge in [-0.3, -0.25) is 14.4 Å². The van der Waals surface area contributed by atoms with Gasteiger partial charge in [0.05, 0.1) is 24.5 Å². The van der Waals surface area contributed by atoms with Gasteiger partial charge in [-0.1, -0.05) is 17.4 Å². The molecule has 1 aliphatic rings. The molecule has 0 N–H and O–H groups in total. The first-order valence-corrected chi connectivity index (χ1v) is 10.3. The number of methoxy groups -OCH3 is 1. The Morgan fingerprint density at radius 1 is 1.43 bits per heavy atom. The van der Waals surface area contributed by atoms with Crippen molar-refractivity contribution in [3.05, 3.63) is 35.7 Å². The van der Waals surface area contributed by atoms with Gasteiger partial charge in [-0.15, -0.1) is 0 Å². The maximum Gasteiger partial charge on any atom is 0.278 e. The van der Waals surface area contributed by atoms with Crippen LogP contribution in [0.2, 0.25) is 0 Å². The van der Waals surface area contributed by atoms with Crippen molar-refractivity contribution in [2.24, 2.45) is 0 Å². The summed E-state index contributed by atoms with van der Waals surface area (Å²) >= 11 is 1.51. The van der Waals surface area contributed by atoms with E-state index >= 15 is 0 Å². The molecule has 0 bridgehead atoms. The summed E-state index contributed by atoms with van der Waals surface area (Å²) in [5.74, 6) is 0.608. The van der Waals surface area contributed by atoms with Gasteiger partial charge in [0.25, 0.3) is 5.91 Å². The van der Waals surface area contributed by atoms with E-state index in [1.54, 1.807) is 29.0 Å². The van der Waals surface area contributed by atoms with E-state index in [9.17, 15) is 4.79 Å². The number of carbonyl (C=O) groups excluding carboxylic acids is 1. The van der Waals surface area contributed by atoms with Crippen molar-refractivity contribution in [3.8, 4) is 5.75 Å². The molecule has 0 aliphatic carbocycles. The van der Waals surface area contributed by atoms with E-state index in [0.717, 1.165) is 35.2 Å². The highest BCUT2D eigenvalue weighted by atomic mass is 32.1. The van der Waals surface area contributed by atoms with Gasteiger partial charge in [0, 0.05) is 19.3 Å². The van der Waals surface area contributed by atoms with Crippen LogP contribution < -0.4 is 9.64 Å². The zero-order valence-corrected chi connectivity index (χ0v) is 17.2. The number of carbonyl (C=O) groups is 1. The molecule has 3 aromatic rings. The van der Waals surface area contributed by atoms with Gasteiger partial charge >= 0.3 is 0 Å². The van der Waals surface area contributed by atoms with E-state index in [1.165, 1.54) is 11.3 Å². The molecule has 0 saturated carbocycles. The van der Waals surface area contributed by atoms with Gasteiger partial charge in [-0.05, 0) is 44.4 Å².